The molecule has 0 saturated carbocycles. The van der Waals surface area contributed by atoms with Gasteiger partial charge in [-0.25, -0.2) is 22.0 Å². The molecular formula is C17H19F2N2O5S+. The van der Waals surface area contributed by atoms with E-state index in [1.54, 1.807) is 6.07 Å². The zero-order valence-electron chi connectivity index (χ0n) is 14.6. The number of piperazine rings is 1. The molecule has 1 aliphatic rings. The van der Waals surface area contributed by atoms with E-state index in [0.29, 0.717) is 31.5 Å². The summed E-state index contributed by atoms with van der Waals surface area (Å²) in [6.45, 7) is 1.73. The topological polar surface area (TPSA) is 81.3 Å². The number of halogens is 2. The van der Waals surface area contributed by atoms with Gasteiger partial charge in [-0.1, -0.05) is 0 Å². The van der Waals surface area contributed by atoms with Crippen LogP contribution < -0.4 is 4.90 Å². The Hall–Kier alpha value is -2.30. The van der Waals surface area contributed by atoms with Crippen LogP contribution in [0.3, 0.4) is 0 Å². The molecule has 27 heavy (non-hydrogen) atoms. The molecule has 10 heteroatoms. The molecule has 0 spiro atoms. The molecule has 2 aromatic rings. The van der Waals surface area contributed by atoms with E-state index in [1.165, 1.54) is 13.2 Å². The molecule has 1 aromatic heterocycles. The van der Waals surface area contributed by atoms with Gasteiger partial charge in [0.2, 0.25) is 15.8 Å². The number of rotatable bonds is 5. The molecule has 7 nitrogen and oxygen atoms in total. The number of nitrogens with one attached hydrogen (secondary N) is 1. The molecule has 0 radical (unpaired) electrons. The van der Waals surface area contributed by atoms with Crippen molar-refractivity contribution in [2.24, 2.45) is 0 Å². The van der Waals surface area contributed by atoms with Gasteiger partial charge in [-0.15, -0.1) is 0 Å². The van der Waals surface area contributed by atoms with Crippen molar-refractivity contribution >= 4 is 16.0 Å². The Morgan fingerprint density at radius 1 is 1.22 bits per heavy atom. The summed E-state index contributed by atoms with van der Waals surface area (Å²) in [7, 11) is -2.84. The van der Waals surface area contributed by atoms with Gasteiger partial charge >= 0.3 is 5.97 Å². The highest BCUT2D eigenvalue weighted by atomic mass is 32.2. The van der Waals surface area contributed by atoms with Crippen LogP contribution in [0, 0.1) is 11.6 Å². The summed E-state index contributed by atoms with van der Waals surface area (Å²) in [5, 5.41) is 0. The molecule has 1 fully saturated rings. The summed E-state index contributed by atoms with van der Waals surface area (Å²) in [5.74, 6) is -1.66. The Morgan fingerprint density at radius 2 is 1.93 bits per heavy atom. The first-order valence-corrected chi connectivity index (χ1v) is 9.71. The Bertz CT molecular complexity index is 937. The van der Waals surface area contributed by atoms with Gasteiger partial charge in [-0.05, 0) is 30.3 Å². The number of quaternary nitrogens is 1. The largest absolute Gasteiger partial charge is 0.463 e. The lowest BCUT2D eigenvalue weighted by molar-refractivity contribution is -0.918. The van der Waals surface area contributed by atoms with Gasteiger partial charge < -0.3 is 14.1 Å². The maximum atomic E-state index is 13.9. The summed E-state index contributed by atoms with van der Waals surface area (Å²) < 4.78 is 63.5. The lowest BCUT2D eigenvalue weighted by atomic mass is 10.3. The number of sulfonamides is 1. The quantitative estimate of drug-likeness (QED) is 0.736. The van der Waals surface area contributed by atoms with E-state index in [9.17, 15) is 22.0 Å². The summed E-state index contributed by atoms with van der Waals surface area (Å²) in [4.78, 5) is 11.8. The SMILES string of the molecule is COC(=O)c1ccc(C[NH+]2CCN(S(=O)(=O)c3cc(F)ccc3F)CC2)o1. The van der Waals surface area contributed by atoms with E-state index in [-0.39, 0.29) is 18.8 Å². The van der Waals surface area contributed by atoms with Crippen molar-refractivity contribution in [3.63, 3.8) is 0 Å². The van der Waals surface area contributed by atoms with Crippen molar-refractivity contribution in [3.8, 4) is 0 Å². The molecule has 2 heterocycles. The fraction of sp³-hybridized carbons (Fsp3) is 0.353. The first-order chi connectivity index (χ1) is 12.8. The van der Waals surface area contributed by atoms with Gasteiger partial charge in [-0.2, -0.15) is 4.31 Å². The Labute approximate surface area is 155 Å². The van der Waals surface area contributed by atoms with Gasteiger partial charge in [0.15, 0.2) is 5.76 Å². The standard InChI is InChI=1S/C17H18F2N2O5S/c1-25-17(22)15-5-3-13(26-15)11-20-6-8-21(9-7-20)27(23,24)16-10-12(18)2-4-14(16)19/h2-5,10H,6-9,11H2,1H3/p+1. The molecule has 1 saturated heterocycles. The van der Waals surface area contributed by atoms with Crippen LogP contribution in [0.4, 0.5) is 8.78 Å². The average Bonchev–Trinajstić information content (AvgIpc) is 3.12. The second kappa shape index (κ2) is 7.75. The molecule has 1 aromatic carbocycles. The van der Waals surface area contributed by atoms with Crippen molar-refractivity contribution in [1.82, 2.24) is 4.31 Å². The van der Waals surface area contributed by atoms with Crippen LogP contribution in [-0.2, 0) is 21.3 Å². The highest BCUT2D eigenvalue weighted by Gasteiger charge is 2.33. The van der Waals surface area contributed by atoms with Gasteiger partial charge in [0.25, 0.3) is 0 Å². The predicted octanol–water partition coefficient (Wildman–Crippen LogP) is 0.434. The Kier molecular flexibility index (Phi) is 5.59. The number of methoxy groups -OCH3 is 1. The highest BCUT2D eigenvalue weighted by Crippen LogP contribution is 2.20. The number of ether oxygens (including phenoxy) is 1. The third-order valence-electron chi connectivity index (χ3n) is 4.41. The minimum Gasteiger partial charge on any atom is -0.463 e. The highest BCUT2D eigenvalue weighted by molar-refractivity contribution is 7.89. The van der Waals surface area contributed by atoms with Crippen LogP contribution in [0.5, 0.6) is 0 Å². The maximum absolute atomic E-state index is 13.9. The fourth-order valence-corrected chi connectivity index (χ4v) is 4.48. The van der Waals surface area contributed by atoms with Crippen LogP contribution in [0.1, 0.15) is 16.3 Å². The lowest BCUT2D eigenvalue weighted by Gasteiger charge is -2.31. The molecule has 146 valence electrons. The van der Waals surface area contributed by atoms with Crippen LogP contribution in [-0.4, -0.2) is 52.0 Å². The van der Waals surface area contributed by atoms with E-state index >= 15 is 0 Å². The number of hydrogen-bond donors (Lipinski definition) is 1. The molecule has 1 N–H and O–H groups in total. The summed E-state index contributed by atoms with van der Waals surface area (Å²) in [6, 6.07) is 5.57. The lowest BCUT2D eigenvalue weighted by Crippen LogP contribution is -3.13. The number of esters is 1. The smallest absolute Gasteiger partial charge is 0.373 e. The Balaban J connectivity index is 1.64. The summed E-state index contributed by atoms with van der Waals surface area (Å²) in [5.41, 5.74) is 0. The molecular weight excluding hydrogens is 382 g/mol. The Morgan fingerprint density at radius 3 is 2.59 bits per heavy atom. The van der Waals surface area contributed by atoms with Crippen molar-refractivity contribution in [2.75, 3.05) is 33.3 Å². The molecule has 0 amide bonds. The zero-order valence-corrected chi connectivity index (χ0v) is 15.4. The minimum atomic E-state index is -4.10. The normalized spacial score (nSPS) is 16.4. The minimum absolute atomic E-state index is 0.106. The van der Waals surface area contributed by atoms with E-state index in [0.717, 1.165) is 21.3 Å². The summed E-state index contributed by atoms with van der Waals surface area (Å²) in [6.07, 6.45) is 0. The molecule has 3 rings (SSSR count). The monoisotopic (exact) mass is 401 g/mol. The summed E-state index contributed by atoms with van der Waals surface area (Å²) >= 11 is 0. The predicted molar refractivity (Wildman–Crippen MR) is 89.6 cm³/mol. The van der Waals surface area contributed by atoms with E-state index in [2.05, 4.69) is 4.74 Å². The van der Waals surface area contributed by atoms with Crippen molar-refractivity contribution in [3.05, 3.63) is 53.5 Å². The number of carbonyl (C=O) groups excluding carboxylic acids is 1. The molecule has 0 atom stereocenters. The van der Waals surface area contributed by atoms with E-state index < -0.39 is 32.5 Å². The molecule has 1 aliphatic heterocycles. The van der Waals surface area contributed by atoms with Crippen LogP contribution >= 0.6 is 0 Å². The number of carbonyl (C=O) groups is 1. The van der Waals surface area contributed by atoms with Gasteiger partial charge in [0.05, 0.1) is 33.3 Å². The van der Waals surface area contributed by atoms with E-state index in [1.807, 2.05) is 0 Å². The second-order valence-corrected chi connectivity index (χ2v) is 8.07. The van der Waals surface area contributed by atoms with Crippen LogP contribution in [0.15, 0.2) is 39.6 Å². The van der Waals surface area contributed by atoms with Gasteiger partial charge in [0.1, 0.15) is 23.1 Å². The number of nitrogens with zero attached hydrogens (tertiary/aromatic N) is 1. The van der Waals surface area contributed by atoms with E-state index in [4.69, 9.17) is 4.42 Å². The van der Waals surface area contributed by atoms with Crippen molar-refractivity contribution < 1.29 is 36.0 Å². The fourth-order valence-electron chi connectivity index (χ4n) is 2.96. The molecule has 0 bridgehead atoms. The first kappa shape index (κ1) is 19.5. The number of benzene rings is 1. The average molecular weight is 401 g/mol. The molecule has 0 unspecified atom stereocenters. The molecule has 0 aliphatic carbocycles. The van der Waals surface area contributed by atoms with Gasteiger partial charge in [0, 0.05) is 0 Å². The van der Waals surface area contributed by atoms with Crippen LogP contribution in [0.25, 0.3) is 0 Å². The zero-order chi connectivity index (χ0) is 19.6. The van der Waals surface area contributed by atoms with Crippen molar-refractivity contribution in [2.45, 2.75) is 11.4 Å². The third kappa shape index (κ3) is 4.18. The second-order valence-electron chi connectivity index (χ2n) is 6.16. The van der Waals surface area contributed by atoms with Crippen LogP contribution in [0.2, 0.25) is 0 Å². The third-order valence-corrected chi connectivity index (χ3v) is 6.33. The number of hydrogen-bond acceptors (Lipinski definition) is 5. The number of furan rings is 1. The maximum Gasteiger partial charge on any atom is 0.373 e. The van der Waals surface area contributed by atoms with Gasteiger partial charge in [-0.3, -0.25) is 0 Å². The van der Waals surface area contributed by atoms with Crippen molar-refractivity contribution in [1.29, 1.82) is 0 Å². The first-order valence-electron chi connectivity index (χ1n) is 8.27.